The van der Waals surface area contributed by atoms with Gasteiger partial charge in [-0.2, -0.15) is 0 Å². The van der Waals surface area contributed by atoms with Crippen molar-refractivity contribution in [2.75, 3.05) is 5.75 Å². The minimum atomic E-state index is -3.61. The molecule has 94 valence electrons. The van der Waals surface area contributed by atoms with Gasteiger partial charge in [-0.15, -0.1) is 0 Å². The summed E-state index contributed by atoms with van der Waals surface area (Å²) in [7, 11) is -3.61. The molecular formula is C12H6N2O4S. The molecule has 1 aromatic rings. The van der Waals surface area contributed by atoms with Crippen LogP contribution in [0.4, 0.5) is 0 Å². The third-order valence-corrected chi connectivity index (χ3v) is 4.42. The minimum Gasteiger partial charge on any atom is -0.478 e. The number of carbonyl (C=O) groups is 1. The van der Waals surface area contributed by atoms with Crippen molar-refractivity contribution in [2.45, 2.75) is 4.90 Å². The number of carboxylic acid groups (broad SMARTS) is 1. The van der Waals surface area contributed by atoms with Crippen LogP contribution in [-0.4, -0.2) is 25.2 Å². The predicted molar refractivity (Wildman–Crippen MR) is 64.6 cm³/mol. The van der Waals surface area contributed by atoms with E-state index < -0.39 is 21.6 Å². The van der Waals surface area contributed by atoms with Crippen molar-refractivity contribution in [3.8, 4) is 6.07 Å². The molecule has 0 atom stereocenters. The van der Waals surface area contributed by atoms with Crippen molar-refractivity contribution in [2.24, 2.45) is 0 Å². The van der Waals surface area contributed by atoms with Gasteiger partial charge in [0.15, 0.2) is 9.84 Å². The molecule has 7 heteroatoms. The van der Waals surface area contributed by atoms with Gasteiger partial charge in [0.05, 0.1) is 28.9 Å². The van der Waals surface area contributed by atoms with Gasteiger partial charge in [-0.25, -0.2) is 23.3 Å². The molecular weight excluding hydrogens is 268 g/mol. The number of allylic oxidation sites excluding steroid dienone is 1. The predicted octanol–water partition coefficient (Wildman–Crippen LogP) is 1.33. The summed E-state index contributed by atoms with van der Waals surface area (Å²) in [5.41, 5.74) is -0.219. The molecule has 0 radical (unpaired) electrons. The average molecular weight is 274 g/mol. The number of benzene rings is 1. The van der Waals surface area contributed by atoms with Crippen LogP contribution in [-0.2, 0) is 9.84 Å². The molecule has 1 N–H and O–H groups in total. The fraction of sp³-hybridized carbons (Fsp3) is 0.0833. The summed E-state index contributed by atoms with van der Waals surface area (Å²) in [5.74, 6) is -1.65. The van der Waals surface area contributed by atoms with Crippen molar-refractivity contribution in [3.05, 3.63) is 46.4 Å². The first kappa shape index (κ1) is 12.8. The van der Waals surface area contributed by atoms with Gasteiger partial charge in [-0.3, -0.25) is 0 Å². The Morgan fingerprint density at radius 3 is 2.68 bits per heavy atom. The Balaban J connectivity index is 2.83. The molecule has 0 saturated carbocycles. The van der Waals surface area contributed by atoms with Crippen LogP contribution in [0.3, 0.4) is 0 Å². The van der Waals surface area contributed by atoms with E-state index in [1.807, 2.05) is 0 Å². The van der Waals surface area contributed by atoms with E-state index in [1.165, 1.54) is 18.2 Å². The summed E-state index contributed by atoms with van der Waals surface area (Å²) in [6.07, 6.45) is 0. The maximum absolute atomic E-state index is 11.9. The van der Waals surface area contributed by atoms with Crippen molar-refractivity contribution in [1.82, 2.24) is 0 Å². The lowest BCUT2D eigenvalue weighted by molar-refractivity contribution is 0.0696. The molecule has 1 heterocycles. The highest BCUT2D eigenvalue weighted by molar-refractivity contribution is 7.92. The van der Waals surface area contributed by atoms with Gasteiger partial charge < -0.3 is 5.11 Å². The molecule has 0 bridgehead atoms. The van der Waals surface area contributed by atoms with Crippen molar-refractivity contribution in [3.63, 3.8) is 0 Å². The second-order valence-corrected chi connectivity index (χ2v) is 5.78. The lowest BCUT2D eigenvalue weighted by Gasteiger charge is -2.01. The molecule has 0 amide bonds. The topological polar surface area (TPSA) is 99.6 Å². The molecule has 0 unspecified atom stereocenters. The Labute approximate surface area is 109 Å². The second kappa shape index (κ2) is 4.23. The third-order valence-electron chi connectivity index (χ3n) is 2.72. The molecule has 19 heavy (non-hydrogen) atoms. The smallest absolute Gasteiger partial charge is 0.335 e. The van der Waals surface area contributed by atoms with Gasteiger partial charge in [-0.1, -0.05) is 0 Å². The summed E-state index contributed by atoms with van der Waals surface area (Å²) in [6.45, 7) is 6.87. The Bertz CT molecular complexity index is 791. The number of hydrogen-bond donors (Lipinski definition) is 1. The van der Waals surface area contributed by atoms with Crippen LogP contribution < -0.4 is 0 Å². The van der Waals surface area contributed by atoms with Crippen LogP contribution in [0.15, 0.2) is 28.8 Å². The van der Waals surface area contributed by atoms with Gasteiger partial charge in [0.2, 0.25) is 0 Å². The lowest BCUT2D eigenvalue weighted by atomic mass is 10.0. The zero-order valence-corrected chi connectivity index (χ0v) is 10.2. The van der Waals surface area contributed by atoms with Gasteiger partial charge in [0.1, 0.15) is 0 Å². The zero-order chi connectivity index (χ0) is 14.2. The van der Waals surface area contributed by atoms with Crippen LogP contribution in [0.2, 0.25) is 0 Å². The summed E-state index contributed by atoms with van der Waals surface area (Å²) >= 11 is 0. The van der Waals surface area contributed by atoms with E-state index in [1.54, 1.807) is 6.07 Å². The van der Waals surface area contributed by atoms with E-state index in [4.69, 9.17) is 16.9 Å². The van der Waals surface area contributed by atoms with Crippen LogP contribution in [0.5, 0.6) is 0 Å². The Morgan fingerprint density at radius 2 is 2.16 bits per heavy atom. The number of fused-ring (bicyclic) bond motifs is 1. The molecule has 0 aromatic heterocycles. The minimum absolute atomic E-state index is 0.0381. The Kier molecular flexibility index (Phi) is 2.85. The first-order valence-corrected chi connectivity index (χ1v) is 6.67. The second-order valence-electron chi connectivity index (χ2n) is 3.83. The maximum atomic E-state index is 11.9. The molecule has 1 aliphatic rings. The third kappa shape index (κ3) is 1.96. The molecule has 0 fully saturated rings. The number of carboxylic acids is 1. The van der Waals surface area contributed by atoms with Crippen molar-refractivity contribution in [1.29, 1.82) is 5.26 Å². The van der Waals surface area contributed by atoms with Gasteiger partial charge in [0, 0.05) is 0 Å². The normalized spacial score (nSPS) is 18.0. The first-order chi connectivity index (χ1) is 8.90. The molecule has 1 aromatic carbocycles. The summed E-state index contributed by atoms with van der Waals surface area (Å²) in [4.78, 5) is 13.8. The largest absolute Gasteiger partial charge is 0.478 e. The average Bonchev–Trinajstić information content (AvgIpc) is 2.63. The number of hydrogen-bond acceptors (Lipinski definition) is 4. The fourth-order valence-corrected chi connectivity index (χ4v) is 3.49. The molecule has 0 spiro atoms. The van der Waals surface area contributed by atoms with Crippen LogP contribution in [0.25, 0.3) is 10.4 Å². The highest BCUT2D eigenvalue weighted by atomic mass is 32.2. The van der Waals surface area contributed by atoms with Gasteiger partial charge in [-0.05, 0) is 29.3 Å². The summed E-state index contributed by atoms with van der Waals surface area (Å²) < 4.78 is 23.8. The first-order valence-electron chi connectivity index (χ1n) is 5.02. The molecule has 2 rings (SSSR count). The number of nitriles is 1. The monoisotopic (exact) mass is 274 g/mol. The molecule has 6 nitrogen and oxygen atoms in total. The highest BCUT2D eigenvalue weighted by Crippen LogP contribution is 2.36. The zero-order valence-electron chi connectivity index (χ0n) is 9.41. The van der Waals surface area contributed by atoms with Crippen molar-refractivity contribution < 1.29 is 18.3 Å². The van der Waals surface area contributed by atoms with Gasteiger partial charge >= 0.3 is 5.97 Å². The fourth-order valence-electron chi connectivity index (χ4n) is 1.87. The summed E-state index contributed by atoms with van der Waals surface area (Å²) in [5, 5.41) is 17.7. The number of rotatable bonds is 1. The Morgan fingerprint density at radius 1 is 1.47 bits per heavy atom. The SMILES string of the molecule is [C-]#[N+]/C(C#N)=C1\CS(=O)(=O)c2ccc(C(=O)O)cc21. The van der Waals surface area contributed by atoms with Gasteiger partial charge in [0.25, 0.3) is 5.70 Å². The van der Waals surface area contributed by atoms with E-state index in [0.29, 0.717) is 0 Å². The molecule has 1 aliphatic heterocycles. The highest BCUT2D eigenvalue weighted by Gasteiger charge is 2.33. The summed E-state index contributed by atoms with van der Waals surface area (Å²) in [6, 6.07) is 5.20. The number of aromatic carboxylic acids is 1. The number of nitrogens with zero attached hydrogens (tertiary/aromatic N) is 2. The quantitative estimate of drug-likeness (QED) is 0.615. The standard InChI is InChI=1S/C12H6N2O4S/c1-14-10(5-13)9-6-19(17,18)11-3-2-7(12(15)16)4-8(9)11/h2-4H,6H2,(H,15,16)/b10-9+. The molecule has 0 aliphatic carbocycles. The van der Waals surface area contributed by atoms with Crippen LogP contribution >= 0.6 is 0 Å². The van der Waals surface area contributed by atoms with E-state index in [-0.39, 0.29) is 27.3 Å². The van der Waals surface area contributed by atoms with Crippen molar-refractivity contribution >= 4 is 21.4 Å². The van der Waals surface area contributed by atoms with Crippen LogP contribution in [0, 0.1) is 17.9 Å². The number of sulfone groups is 1. The molecule has 0 saturated heterocycles. The maximum Gasteiger partial charge on any atom is 0.335 e. The van der Waals surface area contributed by atoms with E-state index in [0.717, 1.165) is 0 Å². The van der Waals surface area contributed by atoms with E-state index >= 15 is 0 Å². The lowest BCUT2D eigenvalue weighted by Crippen LogP contribution is -2.00. The van der Waals surface area contributed by atoms with E-state index in [9.17, 15) is 13.2 Å². The van der Waals surface area contributed by atoms with Crippen LogP contribution in [0.1, 0.15) is 15.9 Å². The Hall–Kier alpha value is -2.64. The van der Waals surface area contributed by atoms with E-state index in [2.05, 4.69) is 4.85 Å².